The van der Waals surface area contributed by atoms with Crippen molar-refractivity contribution in [3.63, 3.8) is 0 Å². The lowest BCUT2D eigenvalue weighted by atomic mass is 10.0. The molecule has 0 fully saturated rings. The summed E-state index contributed by atoms with van der Waals surface area (Å²) >= 11 is 0. The first kappa shape index (κ1) is 23.2. The second-order valence-corrected chi connectivity index (χ2v) is 7.71. The van der Waals surface area contributed by atoms with Crippen LogP contribution in [0.3, 0.4) is 0 Å². The van der Waals surface area contributed by atoms with Gasteiger partial charge in [-0.2, -0.15) is 0 Å². The highest BCUT2D eigenvalue weighted by Crippen LogP contribution is 2.27. The molecule has 10 heteroatoms. The molecule has 4 nitrogen and oxygen atoms in total. The van der Waals surface area contributed by atoms with E-state index in [0.717, 1.165) is 24.3 Å². The van der Waals surface area contributed by atoms with Crippen LogP contribution in [0.2, 0.25) is 0 Å². The molecule has 0 aliphatic carbocycles. The molecular weight excluding hydrogens is 482 g/mol. The van der Waals surface area contributed by atoms with Crippen molar-refractivity contribution in [2.75, 3.05) is 0 Å². The van der Waals surface area contributed by atoms with E-state index in [1.165, 1.54) is 0 Å². The summed E-state index contributed by atoms with van der Waals surface area (Å²) in [5.74, 6) is -7.83. The standard InChI is InChI=1S/C26H12F6N4/c27-19-9-17(10-20(28)23(19)31)13-1-5-15(6-2-13)25-33-35-26(36-34-25)16-7-3-14(4-8-16)18-11-21(29)24(32)22(30)12-18/h1-12H. The lowest BCUT2D eigenvalue weighted by molar-refractivity contribution is 0.447. The summed E-state index contributed by atoms with van der Waals surface area (Å²) in [6.45, 7) is 0. The highest BCUT2D eigenvalue weighted by atomic mass is 19.2. The molecule has 0 spiro atoms. The van der Waals surface area contributed by atoms with Crippen molar-refractivity contribution < 1.29 is 26.3 Å². The second-order valence-electron chi connectivity index (χ2n) is 7.71. The zero-order chi connectivity index (χ0) is 25.4. The number of benzene rings is 4. The monoisotopic (exact) mass is 494 g/mol. The third-order valence-corrected chi connectivity index (χ3v) is 5.40. The van der Waals surface area contributed by atoms with Crippen LogP contribution in [-0.4, -0.2) is 20.4 Å². The van der Waals surface area contributed by atoms with Gasteiger partial charge in [-0.3, -0.25) is 0 Å². The molecule has 5 rings (SSSR count). The van der Waals surface area contributed by atoms with Crippen molar-refractivity contribution in [3.05, 3.63) is 108 Å². The van der Waals surface area contributed by atoms with Gasteiger partial charge in [-0.15, -0.1) is 20.4 Å². The first-order chi connectivity index (χ1) is 17.3. The van der Waals surface area contributed by atoms with E-state index in [0.29, 0.717) is 22.3 Å². The van der Waals surface area contributed by atoms with E-state index in [1.807, 2.05) is 0 Å². The van der Waals surface area contributed by atoms with Crippen LogP contribution in [0, 0.1) is 34.9 Å². The third-order valence-electron chi connectivity index (χ3n) is 5.40. The van der Waals surface area contributed by atoms with Gasteiger partial charge >= 0.3 is 0 Å². The minimum absolute atomic E-state index is 0.167. The Morgan fingerprint density at radius 2 is 0.583 bits per heavy atom. The van der Waals surface area contributed by atoms with Crippen molar-refractivity contribution in [2.24, 2.45) is 0 Å². The van der Waals surface area contributed by atoms with Gasteiger partial charge in [0.15, 0.2) is 34.9 Å². The lowest BCUT2D eigenvalue weighted by Gasteiger charge is -2.06. The van der Waals surface area contributed by atoms with E-state index < -0.39 is 34.9 Å². The van der Waals surface area contributed by atoms with Crippen LogP contribution in [-0.2, 0) is 0 Å². The maximum Gasteiger partial charge on any atom is 0.203 e. The van der Waals surface area contributed by atoms with Crippen LogP contribution in [0.4, 0.5) is 26.3 Å². The van der Waals surface area contributed by atoms with Crippen LogP contribution >= 0.6 is 0 Å². The van der Waals surface area contributed by atoms with E-state index in [2.05, 4.69) is 20.4 Å². The molecule has 0 radical (unpaired) electrons. The third kappa shape index (κ3) is 4.40. The first-order valence-electron chi connectivity index (χ1n) is 10.4. The van der Waals surface area contributed by atoms with Gasteiger partial charge in [-0.05, 0) is 46.5 Å². The molecule has 1 aromatic heterocycles. The number of hydrogen-bond donors (Lipinski definition) is 0. The Morgan fingerprint density at radius 1 is 0.333 bits per heavy atom. The van der Waals surface area contributed by atoms with Gasteiger partial charge in [0.1, 0.15) is 0 Å². The predicted molar refractivity (Wildman–Crippen MR) is 119 cm³/mol. The smallest absolute Gasteiger partial charge is 0.203 e. The topological polar surface area (TPSA) is 51.6 Å². The number of aromatic nitrogens is 4. The normalized spacial score (nSPS) is 11.1. The average Bonchev–Trinajstić information content (AvgIpc) is 2.90. The fourth-order valence-electron chi connectivity index (χ4n) is 3.53. The Labute approximate surface area is 199 Å². The van der Waals surface area contributed by atoms with Crippen molar-refractivity contribution in [1.29, 1.82) is 0 Å². The molecule has 0 atom stereocenters. The number of hydrogen-bond acceptors (Lipinski definition) is 4. The number of rotatable bonds is 4. The van der Waals surface area contributed by atoms with Gasteiger partial charge < -0.3 is 0 Å². The Morgan fingerprint density at radius 3 is 0.861 bits per heavy atom. The summed E-state index contributed by atoms with van der Waals surface area (Å²) in [5, 5.41) is 16.2. The fraction of sp³-hybridized carbons (Fsp3) is 0. The van der Waals surface area contributed by atoms with Crippen molar-refractivity contribution in [1.82, 2.24) is 20.4 Å². The number of halogens is 6. The van der Waals surface area contributed by atoms with Gasteiger partial charge in [0, 0.05) is 11.1 Å². The number of nitrogens with zero attached hydrogens (tertiary/aromatic N) is 4. The molecule has 0 saturated heterocycles. The maximum atomic E-state index is 13.5. The molecule has 1 heterocycles. The lowest BCUT2D eigenvalue weighted by Crippen LogP contribution is -1.99. The van der Waals surface area contributed by atoms with Crippen LogP contribution in [0.25, 0.3) is 45.0 Å². The minimum atomic E-state index is -1.53. The highest BCUT2D eigenvalue weighted by Gasteiger charge is 2.14. The maximum absolute atomic E-state index is 13.5. The molecule has 0 N–H and O–H groups in total. The minimum Gasteiger partial charge on any atom is -0.204 e. The zero-order valence-corrected chi connectivity index (χ0v) is 18.0. The van der Waals surface area contributed by atoms with Crippen LogP contribution in [0.5, 0.6) is 0 Å². The largest absolute Gasteiger partial charge is 0.204 e. The summed E-state index contributed by atoms with van der Waals surface area (Å²) in [5.41, 5.74) is 2.30. The van der Waals surface area contributed by atoms with E-state index in [9.17, 15) is 26.3 Å². The molecule has 178 valence electrons. The molecule has 0 saturated carbocycles. The first-order valence-corrected chi connectivity index (χ1v) is 10.4. The van der Waals surface area contributed by atoms with E-state index >= 15 is 0 Å². The van der Waals surface area contributed by atoms with Crippen LogP contribution in [0.15, 0.2) is 72.8 Å². The Hall–Kier alpha value is -4.60. The predicted octanol–water partition coefficient (Wildman–Crippen LogP) is 6.77. The molecule has 5 aromatic rings. The second kappa shape index (κ2) is 9.21. The quantitative estimate of drug-likeness (QED) is 0.204. The summed E-state index contributed by atoms with van der Waals surface area (Å²) in [7, 11) is 0. The van der Waals surface area contributed by atoms with Gasteiger partial charge in [-0.25, -0.2) is 26.3 Å². The molecule has 0 amide bonds. The summed E-state index contributed by atoms with van der Waals surface area (Å²) in [6, 6.07) is 16.3. The molecule has 0 bridgehead atoms. The van der Waals surface area contributed by atoms with E-state index in [4.69, 9.17) is 0 Å². The molecule has 0 unspecified atom stereocenters. The van der Waals surface area contributed by atoms with E-state index in [1.54, 1.807) is 48.5 Å². The Kier molecular flexibility index (Phi) is 5.93. The van der Waals surface area contributed by atoms with Crippen molar-refractivity contribution in [3.8, 4) is 45.0 Å². The molecule has 36 heavy (non-hydrogen) atoms. The summed E-state index contributed by atoms with van der Waals surface area (Å²) < 4.78 is 80.4. The van der Waals surface area contributed by atoms with Gasteiger partial charge in [0.25, 0.3) is 0 Å². The molecule has 4 aromatic carbocycles. The molecule has 0 aliphatic heterocycles. The molecule has 0 aliphatic rings. The van der Waals surface area contributed by atoms with Crippen molar-refractivity contribution >= 4 is 0 Å². The Balaban J connectivity index is 1.35. The molecular formula is C26H12F6N4. The van der Waals surface area contributed by atoms with Gasteiger partial charge in [0.2, 0.25) is 11.6 Å². The SMILES string of the molecule is Fc1cc(-c2ccc(-c3nnc(-c4ccc(-c5cc(F)c(F)c(F)c5)cc4)nn3)cc2)cc(F)c1F. The van der Waals surface area contributed by atoms with Crippen molar-refractivity contribution in [2.45, 2.75) is 0 Å². The highest BCUT2D eigenvalue weighted by molar-refractivity contribution is 5.69. The Bertz CT molecular complexity index is 1400. The van der Waals surface area contributed by atoms with Crippen LogP contribution < -0.4 is 0 Å². The van der Waals surface area contributed by atoms with Gasteiger partial charge in [-0.1, -0.05) is 48.5 Å². The average molecular weight is 494 g/mol. The zero-order valence-electron chi connectivity index (χ0n) is 18.0. The fourth-order valence-corrected chi connectivity index (χ4v) is 3.53. The van der Waals surface area contributed by atoms with Gasteiger partial charge in [0.05, 0.1) is 0 Å². The summed E-state index contributed by atoms with van der Waals surface area (Å²) in [6.07, 6.45) is 0. The van der Waals surface area contributed by atoms with E-state index in [-0.39, 0.29) is 22.8 Å². The van der Waals surface area contributed by atoms with Crippen LogP contribution in [0.1, 0.15) is 0 Å². The summed E-state index contributed by atoms with van der Waals surface area (Å²) in [4.78, 5) is 0.